The fourth-order valence-corrected chi connectivity index (χ4v) is 5.85. The topological polar surface area (TPSA) is 100 Å². The molecule has 0 spiro atoms. The van der Waals surface area contributed by atoms with Crippen molar-refractivity contribution in [2.75, 3.05) is 52.3 Å². The molecule has 5 rings (SSSR count). The van der Waals surface area contributed by atoms with E-state index in [1.165, 1.54) is 14.2 Å². The maximum Gasteiger partial charge on any atom is 0.259 e. The standard InChI is InChI=1S/C29H32Cl2N6O3/c1-29(2)16-37(12-11-35-29)15-17-5-8-22(34-14-17)36-28(38)19-7-6-18(26-27(19)33-10-9-32-26)23-24(30)20(39-3)13-21(40-4)25(23)31/h5-8,13-14,35H,9-12,15-16H2,1-4H3,(H,34,36,38). The molecule has 0 saturated carbocycles. The molecule has 0 unspecified atom stereocenters. The van der Waals surface area contributed by atoms with E-state index >= 15 is 0 Å². The summed E-state index contributed by atoms with van der Waals surface area (Å²) in [5.74, 6) is 0.963. The number of methoxy groups -OCH3 is 2. The Balaban J connectivity index is 1.42. The number of rotatable bonds is 7. The summed E-state index contributed by atoms with van der Waals surface area (Å²) in [6.45, 7) is 9.07. The van der Waals surface area contributed by atoms with E-state index in [4.69, 9.17) is 37.7 Å². The van der Waals surface area contributed by atoms with Crippen LogP contribution in [0.3, 0.4) is 0 Å². The van der Waals surface area contributed by atoms with Gasteiger partial charge in [0.1, 0.15) is 17.3 Å². The van der Waals surface area contributed by atoms with Gasteiger partial charge in [0.05, 0.1) is 53.6 Å². The molecule has 1 aromatic heterocycles. The number of ether oxygens (including phenoxy) is 2. The molecule has 0 bridgehead atoms. The maximum atomic E-state index is 13.4. The third-order valence-electron chi connectivity index (χ3n) is 7.00. The number of carbonyl (C=O) groups is 1. The van der Waals surface area contributed by atoms with E-state index in [0.717, 1.165) is 31.7 Å². The van der Waals surface area contributed by atoms with Gasteiger partial charge in [0, 0.05) is 55.1 Å². The third-order valence-corrected chi connectivity index (χ3v) is 7.75. The van der Waals surface area contributed by atoms with Crippen LogP contribution in [0.15, 0.2) is 46.5 Å². The number of anilines is 1. The van der Waals surface area contributed by atoms with Crippen molar-refractivity contribution < 1.29 is 14.3 Å². The highest BCUT2D eigenvalue weighted by molar-refractivity contribution is 6.41. The van der Waals surface area contributed by atoms with Gasteiger partial charge in [-0.1, -0.05) is 35.3 Å². The van der Waals surface area contributed by atoms with Crippen molar-refractivity contribution >= 4 is 34.9 Å². The first-order valence-electron chi connectivity index (χ1n) is 13.1. The van der Waals surface area contributed by atoms with Gasteiger partial charge in [-0.15, -0.1) is 0 Å². The van der Waals surface area contributed by atoms with Crippen molar-refractivity contribution in [1.29, 1.82) is 0 Å². The first-order valence-corrected chi connectivity index (χ1v) is 13.8. The molecule has 2 aliphatic rings. The molecule has 3 aromatic rings. The molecule has 2 aliphatic heterocycles. The van der Waals surface area contributed by atoms with Crippen LogP contribution in [-0.2, 0) is 6.54 Å². The minimum Gasteiger partial charge on any atom is -0.495 e. The molecular weight excluding hydrogens is 551 g/mol. The number of piperazine rings is 1. The molecule has 1 fully saturated rings. The van der Waals surface area contributed by atoms with Gasteiger partial charge >= 0.3 is 0 Å². The summed E-state index contributed by atoms with van der Waals surface area (Å²) in [5, 5.41) is 8.09. The molecule has 9 nitrogen and oxygen atoms in total. The molecule has 0 aliphatic carbocycles. The van der Waals surface area contributed by atoms with Gasteiger partial charge in [0.2, 0.25) is 0 Å². The lowest BCUT2D eigenvalue weighted by atomic mass is 10.00. The summed E-state index contributed by atoms with van der Waals surface area (Å²) in [6.07, 6.45) is 1.81. The summed E-state index contributed by atoms with van der Waals surface area (Å²) < 4.78 is 10.9. The van der Waals surface area contributed by atoms with Gasteiger partial charge in [-0.25, -0.2) is 4.98 Å². The lowest BCUT2D eigenvalue weighted by molar-refractivity contribution is 0.102. The molecule has 1 saturated heterocycles. The second-order valence-electron chi connectivity index (χ2n) is 10.4. The summed E-state index contributed by atoms with van der Waals surface area (Å²) in [5.41, 5.74) is 2.71. The molecular formula is C29H32Cl2N6O3. The van der Waals surface area contributed by atoms with E-state index in [0.29, 0.717) is 67.9 Å². The molecule has 1 amide bonds. The van der Waals surface area contributed by atoms with E-state index < -0.39 is 0 Å². The molecule has 3 heterocycles. The number of carbonyl (C=O) groups excluding carboxylic acids is 1. The van der Waals surface area contributed by atoms with Crippen molar-refractivity contribution in [1.82, 2.24) is 15.2 Å². The van der Waals surface area contributed by atoms with Crippen molar-refractivity contribution in [3.63, 3.8) is 0 Å². The highest BCUT2D eigenvalue weighted by Gasteiger charge is 2.26. The molecule has 0 radical (unpaired) electrons. The SMILES string of the molecule is COc1cc(OC)c(Cl)c(-c2ccc(C(=O)Nc3ccc(CN4CCNC(C)(C)C4)cn3)c3c2=NCCN=3)c1Cl. The van der Waals surface area contributed by atoms with Crippen LogP contribution < -0.4 is 30.8 Å². The number of nitrogens with zero attached hydrogens (tertiary/aromatic N) is 4. The second-order valence-corrected chi connectivity index (χ2v) is 11.2. The summed E-state index contributed by atoms with van der Waals surface area (Å²) in [6, 6.07) is 8.93. The number of aromatic nitrogens is 1. The second kappa shape index (κ2) is 11.7. The van der Waals surface area contributed by atoms with Crippen molar-refractivity contribution in [2.24, 2.45) is 9.98 Å². The van der Waals surface area contributed by atoms with Gasteiger partial charge in [-0.05, 0) is 31.5 Å². The third kappa shape index (κ3) is 5.78. The number of nitrogens with one attached hydrogen (secondary N) is 2. The Morgan fingerprint density at radius 2 is 1.75 bits per heavy atom. The van der Waals surface area contributed by atoms with Crippen LogP contribution in [0.2, 0.25) is 10.0 Å². The molecule has 0 atom stereocenters. The first-order chi connectivity index (χ1) is 19.2. The summed E-state index contributed by atoms with van der Waals surface area (Å²) >= 11 is 13.4. The van der Waals surface area contributed by atoms with Crippen molar-refractivity contribution in [2.45, 2.75) is 25.9 Å². The zero-order valence-corrected chi connectivity index (χ0v) is 24.5. The van der Waals surface area contributed by atoms with Gasteiger partial charge in [0.25, 0.3) is 5.91 Å². The highest BCUT2D eigenvalue weighted by Crippen LogP contribution is 2.45. The quantitative estimate of drug-likeness (QED) is 0.440. The fraction of sp³-hybridized carbons (Fsp3) is 0.379. The van der Waals surface area contributed by atoms with Crippen molar-refractivity contribution in [3.8, 4) is 22.6 Å². The van der Waals surface area contributed by atoms with E-state index in [9.17, 15) is 4.79 Å². The van der Waals surface area contributed by atoms with Crippen LogP contribution in [0, 0.1) is 0 Å². The average molecular weight is 584 g/mol. The molecule has 2 aromatic carbocycles. The number of amides is 1. The predicted octanol–water partition coefficient (Wildman–Crippen LogP) is 3.76. The molecule has 210 valence electrons. The van der Waals surface area contributed by atoms with Crippen LogP contribution in [0.25, 0.3) is 11.1 Å². The smallest absolute Gasteiger partial charge is 0.259 e. The van der Waals surface area contributed by atoms with E-state index in [1.54, 1.807) is 18.2 Å². The molecule has 2 N–H and O–H groups in total. The van der Waals surface area contributed by atoms with Crippen LogP contribution in [0.5, 0.6) is 11.5 Å². The van der Waals surface area contributed by atoms with Gasteiger partial charge in [-0.2, -0.15) is 0 Å². The lowest BCUT2D eigenvalue weighted by Gasteiger charge is -2.39. The Morgan fingerprint density at radius 3 is 2.38 bits per heavy atom. The van der Waals surface area contributed by atoms with Gasteiger partial charge in [0.15, 0.2) is 0 Å². The van der Waals surface area contributed by atoms with E-state index in [1.807, 2.05) is 18.3 Å². The largest absolute Gasteiger partial charge is 0.495 e. The Bertz CT molecular complexity index is 1530. The van der Waals surface area contributed by atoms with E-state index in [2.05, 4.69) is 39.4 Å². The predicted molar refractivity (Wildman–Crippen MR) is 157 cm³/mol. The first kappa shape index (κ1) is 28.3. The monoisotopic (exact) mass is 582 g/mol. The van der Waals surface area contributed by atoms with Gasteiger partial charge in [-0.3, -0.25) is 19.7 Å². The number of hydrogen-bond donors (Lipinski definition) is 2. The Hall–Kier alpha value is -3.24. The average Bonchev–Trinajstić information content (AvgIpc) is 2.94. The number of hydrogen-bond acceptors (Lipinski definition) is 8. The normalized spacial score (nSPS) is 16.4. The number of halogens is 2. The number of pyridine rings is 1. The van der Waals surface area contributed by atoms with E-state index in [-0.39, 0.29) is 11.4 Å². The highest BCUT2D eigenvalue weighted by atomic mass is 35.5. The minimum absolute atomic E-state index is 0.0843. The van der Waals surface area contributed by atoms with Crippen molar-refractivity contribution in [3.05, 3.63) is 68.4 Å². The van der Waals surface area contributed by atoms with Gasteiger partial charge < -0.3 is 20.1 Å². The Morgan fingerprint density at radius 1 is 1.05 bits per heavy atom. The Kier molecular flexibility index (Phi) is 8.28. The Labute approximate surface area is 243 Å². The number of benzene rings is 2. The zero-order valence-electron chi connectivity index (χ0n) is 23.0. The number of fused-ring (bicyclic) bond motifs is 1. The lowest BCUT2D eigenvalue weighted by Crippen LogP contribution is -2.56. The van der Waals surface area contributed by atoms with Crippen LogP contribution in [0.1, 0.15) is 29.8 Å². The summed E-state index contributed by atoms with van der Waals surface area (Å²) in [7, 11) is 3.04. The minimum atomic E-state index is -0.326. The summed E-state index contributed by atoms with van der Waals surface area (Å²) in [4.78, 5) is 29.6. The fourth-order valence-electron chi connectivity index (χ4n) is 5.15. The zero-order chi connectivity index (χ0) is 28.4. The molecule has 40 heavy (non-hydrogen) atoms. The van der Waals surface area contributed by atoms with Crippen LogP contribution in [-0.4, -0.2) is 68.3 Å². The van der Waals surface area contributed by atoms with Crippen LogP contribution >= 0.6 is 23.2 Å². The molecule has 11 heteroatoms. The maximum absolute atomic E-state index is 13.4. The van der Waals surface area contributed by atoms with Crippen LogP contribution in [0.4, 0.5) is 5.82 Å².